The van der Waals surface area contributed by atoms with E-state index >= 15 is 0 Å². The Morgan fingerprint density at radius 3 is 3.00 bits per heavy atom. The van der Waals surface area contributed by atoms with Crippen molar-refractivity contribution in [3.8, 4) is 16.9 Å². The summed E-state index contributed by atoms with van der Waals surface area (Å²) in [6, 6.07) is 6.03. The zero-order valence-electron chi connectivity index (χ0n) is 8.06. The van der Waals surface area contributed by atoms with Crippen LogP contribution in [-0.4, -0.2) is 11.8 Å². The van der Waals surface area contributed by atoms with E-state index < -0.39 is 0 Å². The average Bonchev–Trinajstić information content (AvgIpc) is 2.85. The molecule has 4 nitrogen and oxygen atoms in total. The number of hydrogen-bond donors (Lipinski definition) is 1. The number of nitrogens with zero attached hydrogens (tertiary/aromatic N) is 1. The molecule has 0 atom stereocenters. The second kappa shape index (κ2) is 3.02. The van der Waals surface area contributed by atoms with Crippen LogP contribution < -0.4 is 10.5 Å². The van der Waals surface area contributed by atoms with Gasteiger partial charge in [0, 0.05) is 12.0 Å². The summed E-state index contributed by atoms with van der Waals surface area (Å²) in [6.07, 6.45) is 2.57. The fourth-order valence-corrected chi connectivity index (χ4v) is 1.88. The zero-order chi connectivity index (χ0) is 10.3. The number of fused-ring (bicyclic) bond motifs is 1. The first kappa shape index (κ1) is 8.35. The SMILES string of the molecule is Nc1oncc1-c1cccc2c1OCC2. The first-order valence-electron chi connectivity index (χ1n) is 4.81. The predicted octanol–water partition coefficient (Wildman–Crippen LogP) is 1.86. The molecule has 15 heavy (non-hydrogen) atoms. The summed E-state index contributed by atoms with van der Waals surface area (Å²) in [7, 11) is 0. The summed E-state index contributed by atoms with van der Waals surface area (Å²) < 4.78 is 10.4. The van der Waals surface area contributed by atoms with E-state index in [1.54, 1.807) is 6.20 Å². The summed E-state index contributed by atoms with van der Waals surface area (Å²) in [5.41, 5.74) is 8.66. The van der Waals surface area contributed by atoms with Crippen molar-refractivity contribution >= 4 is 5.88 Å². The molecule has 0 bridgehead atoms. The highest BCUT2D eigenvalue weighted by atomic mass is 16.5. The Balaban J connectivity index is 2.21. The molecule has 0 aliphatic carbocycles. The molecule has 0 spiro atoms. The lowest BCUT2D eigenvalue weighted by atomic mass is 10.0. The molecule has 2 aromatic rings. The summed E-state index contributed by atoms with van der Waals surface area (Å²) in [5.74, 6) is 1.24. The van der Waals surface area contributed by atoms with Gasteiger partial charge in [-0.3, -0.25) is 0 Å². The van der Waals surface area contributed by atoms with Crippen molar-refractivity contribution in [2.45, 2.75) is 6.42 Å². The van der Waals surface area contributed by atoms with Gasteiger partial charge in [-0.1, -0.05) is 23.4 Å². The van der Waals surface area contributed by atoms with Gasteiger partial charge in [0.2, 0.25) is 5.88 Å². The molecule has 0 radical (unpaired) electrons. The van der Waals surface area contributed by atoms with Gasteiger partial charge >= 0.3 is 0 Å². The highest BCUT2D eigenvalue weighted by Crippen LogP contribution is 2.38. The number of rotatable bonds is 1. The zero-order valence-corrected chi connectivity index (χ0v) is 8.06. The highest BCUT2D eigenvalue weighted by Gasteiger charge is 2.19. The molecule has 0 saturated carbocycles. The van der Waals surface area contributed by atoms with Crippen molar-refractivity contribution in [2.24, 2.45) is 0 Å². The van der Waals surface area contributed by atoms with Gasteiger partial charge in [-0.2, -0.15) is 0 Å². The van der Waals surface area contributed by atoms with Gasteiger partial charge < -0.3 is 15.0 Å². The lowest BCUT2D eigenvalue weighted by Crippen LogP contribution is -1.90. The molecule has 4 heteroatoms. The number of hydrogen-bond acceptors (Lipinski definition) is 4. The number of para-hydroxylation sites is 1. The lowest BCUT2D eigenvalue weighted by Gasteiger charge is -2.05. The lowest BCUT2D eigenvalue weighted by molar-refractivity contribution is 0.358. The standard InChI is InChI=1S/C11H10N2O2/c12-11-9(6-13-15-11)8-3-1-2-7-4-5-14-10(7)8/h1-3,6H,4-5,12H2. The van der Waals surface area contributed by atoms with Crippen molar-refractivity contribution in [3.05, 3.63) is 30.0 Å². The molecule has 1 aromatic heterocycles. The molecule has 2 heterocycles. The van der Waals surface area contributed by atoms with Crippen LogP contribution in [0.4, 0.5) is 5.88 Å². The maximum Gasteiger partial charge on any atom is 0.230 e. The monoisotopic (exact) mass is 202 g/mol. The molecule has 76 valence electrons. The van der Waals surface area contributed by atoms with Crippen LogP contribution in [0.5, 0.6) is 5.75 Å². The molecule has 0 fully saturated rings. The van der Waals surface area contributed by atoms with E-state index in [9.17, 15) is 0 Å². The Morgan fingerprint density at radius 1 is 1.27 bits per heavy atom. The second-order valence-electron chi connectivity index (χ2n) is 3.50. The largest absolute Gasteiger partial charge is 0.492 e. The minimum Gasteiger partial charge on any atom is -0.492 e. The summed E-state index contributed by atoms with van der Waals surface area (Å²) in [6.45, 7) is 0.734. The topological polar surface area (TPSA) is 61.3 Å². The molecule has 0 amide bonds. The number of nitrogen functional groups attached to an aromatic ring is 1. The van der Waals surface area contributed by atoms with Crippen molar-refractivity contribution in [3.63, 3.8) is 0 Å². The third-order valence-electron chi connectivity index (χ3n) is 2.60. The van der Waals surface area contributed by atoms with Gasteiger partial charge in [0.1, 0.15) is 5.75 Å². The molecule has 3 rings (SSSR count). The van der Waals surface area contributed by atoms with E-state index in [0.29, 0.717) is 5.88 Å². The summed E-state index contributed by atoms with van der Waals surface area (Å²) >= 11 is 0. The Kier molecular flexibility index (Phi) is 1.68. The van der Waals surface area contributed by atoms with Crippen LogP contribution in [0.15, 0.2) is 28.9 Å². The third-order valence-corrected chi connectivity index (χ3v) is 2.60. The Hall–Kier alpha value is -1.97. The number of nitrogens with two attached hydrogens (primary N) is 1. The second-order valence-corrected chi connectivity index (χ2v) is 3.50. The van der Waals surface area contributed by atoms with E-state index in [0.717, 1.165) is 29.9 Å². The van der Waals surface area contributed by atoms with E-state index in [1.165, 1.54) is 5.56 Å². The maximum atomic E-state index is 5.68. The molecule has 1 aliphatic heterocycles. The normalized spacial score (nSPS) is 13.6. The minimum atomic E-state index is 0.332. The molecule has 0 unspecified atom stereocenters. The van der Waals surface area contributed by atoms with Crippen molar-refractivity contribution in [1.29, 1.82) is 0 Å². The Morgan fingerprint density at radius 2 is 2.20 bits per heavy atom. The van der Waals surface area contributed by atoms with E-state index in [-0.39, 0.29) is 0 Å². The predicted molar refractivity (Wildman–Crippen MR) is 55.6 cm³/mol. The van der Waals surface area contributed by atoms with Gasteiger partial charge in [0.25, 0.3) is 0 Å². The number of benzene rings is 1. The Labute approximate surface area is 86.6 Å². The Bertz CT molecular complexity index is 505. The summed E-state index contributed by atoms with van der Waals surface area (Å²) in [5, 5.41) is 3.67. The van der Waals surface area contributed by atoms with E-state index in [4.69, 9.17) is 15.0 Å². The van der Waals surface area contributed by atoms with Gasteiger partial charge in [-0.05, 0) is 5.56 Å². The van der Waals surface area contributed by atoms with Gasteiger partial charge in [0.05, 0.1) is 18.4 Å². The first-order valence-corrected chi connectivity index (χ1v) is 4.81. The van der Waals surface area contributed by atoms with Gasteiger partial charge in [-0.25, -0.2) is 0 Å². The number of anilines is 1. The highest BCUT2D eigenvalue weighted by molar-refractivity contribution is 5.78. The van der Waals surface area contributed by atoms with Crippen LogP contribution in [0.3, 0.4) is 0 Å². The minimum absolute atomic E-state index is 0.332. The quantitative estimate of drug-likeness (QED) is 0.766. The summed E-state index contributed by atoms with van der Waals surface area (Å²) in [4.78, 5) is 0. The van der Waals surface area contributed by atoms with Crippen LogP contribution in [0, 0.1) is 0 Å². The molecule has 1 aliphatic rings. The van der Waals surface area contributed by atoms with Crippen LogP contribution in [0.25, 0.3) is 11.1 Å². The molecular formula is C11H10N2O2. The van der Waals surface area contributed by atoms with Crippen molar-refractivity contribution in [2.75, 3.05) is 12.3 Å². The molecule has 0 saturated heterocycles. The average molecular weight is 202 g/mol. The van der Waals surface area contributed by atoms with Crippen molar-refractivity contribution in [1.82, 2.24) is 5.16 Å². The number of aromatic nitrogens is 1. The number of ether oxygens (including phenoxy) is 1. The first-order chi connectivity index (χ1) is 7.36. The van der Waals surface area contributed by atoms with Gasteiger partial charge in [0.15, 0.2) is 0 Å². The van der Waals surface area contributed by atoms with Crippen molar-refractivity contribution < 1.29 is 9.26 Å². The third kappa shape index (κ3) is 1.18. The smallest absolute Gasteiger partial charge is 0.230 e. The van der Waals surface area contributed by atoms with Crippen LogP contribution >= 0.6 is 0 Å². The molecular weight excluding hydrogens is 192 g/mol. The molecule has 1 aromatic carbocycles. The van der Waals surface area contributed by atoms with Gasteiger partial charge in [-0.15, -0.1) is 0 Å². The maximum absolute atomic E-state index is 5.68. The van der Waals surface area contributed by atoms with Crippen LogP contribution in [-0.2, 0) is 6.42 Å². The van der Waals surface area contributed by atoms with E-state index in [1.807, 2.05) is 12.1 Å². The van der Waals surface area contributed by atoms with Crippen LogP contribution in [0.2, 0.25) is 0 Å². The fraction of sp³-hybridized carbons (Fsp3) is 0.182. The fourth-order valence-electron chi connectivity index (χ4n) is 1.88. The van der Waals surface area contributed by atoms with E-state index in [2.05, 4.69) is 11.2 Å². The van der Waals surface area contributed by atoms with Crippen LogP contribution in [0.1, 0.15) is 5.56 Å². The molecule has 2 N–H and O–H groups in total.